The number of Topliss-reactive ketones (excluding diaryl/α,β-unsaturated/α-hetero) is 1. The van der Waals surface area contributed by atoms with Gasteiger partial charge in [-0.15, -0.1) is 0 Å². The summed E-state index contributed by atoms with van der Waals surface area (Å²) in [5.74, 6) is 4.44. The number of halogens is 1. The first-order chi connectivity index (χ1) is 12.5. The van der Waals surface area contributed by atoms with Crippen molar-refractivity contribution >= 4 is 5.78 Å². The Kier molecular flexibility index (Phi) is 5.25. The molecule has 148 valence electrons. The summed E-state index contributed by atoms with van der Waals surface area (Å²) in [6.45, 7) is 4.47. The molecule has 0 bridgehead atoms. The van der Waals surface area contributed by atoms with Gasteiger partial charge >= 0.3 is 0 Å². The van der Waals surface area contributed by atoms with E-state index in [9.17, 15) is 9.18 Å². The second-order valence-electron chi connectivity index (χ2n) is 10.8. The van der Waals surface area contributed by atoms with Crippen LogP contribution in [0.15, 0.2) is 0 Å². The van der Waals surface area contributed by atoms with Crippen molar-refractivity contribution in [1.29, 1.82) is 0 Å². The Hall–Kier alpha value is -0.400. The Bertz CT molecular complexity index is 530. The molecule has 0 N–H and O–H groups in total. The molecule has 3 unspecified atom stereocenters. The van der Waals surface area contributed by atoms with Crippen LogP contribution in [0.25, 0.3) is 0 Å². The molecule has 4 rings (SSSR count). The van der Waals surface area contributed by atoms with Crippen LogP contribution in [0.5, 0.6) is 0 Å². The number of ketones is 1. The molecule has 0 aliphatic heterocycles. The van der Waals surface area contributed by atoms with Crippen LogP contribution in [0.4, 0.5) is 4.39 Å². The van der Waals surface area contributed by atoms with Crippen LogP contribution in [0, 0.1) is 40.4 Å². The van der Waals surface area contributed by atoms with Gasteiger partial charge in [-0.1, -0.05) is 26.7 Å². The van der Waals surface area contributed by atoms with Gasteiger partial charge in [0.1, 0.15) is 6.67 Å². The minimum Gasteiger partial charge on any atom is -0.297 e. The lowest BCUT2D eigenvalue weighted by Gasteiger charge is -2.60. The van der Waals surface area contributed by atoms with Crippen LogP contribution in [0.3, 0.4) is 0 Å². The zero-order valence-corrected chi connectivity index (χ0v) is 17.1. The third kappa shape index (κ3) is 2.98. The van der Waals surface area contributed by atoms with E-state index in [2.05, 4.69) is 13.8 Å². The van der Waals surface area contributed by atoms with Crippen molar-refractivity contribution in [2.24, 2.45) is 40.4 Å². The highest BCUT2D eigenvalue weighted by atomic mass is 19.1. The van der Waals surface area contributed by atoms with Gasteiger partial charge in [-0.3, -0.25) is 4.79 Å². The molecule has 0 saturated heterocycles. The Morgan fingerprint density at radius 3 is 2.54 bits per heavy atom. The van der Waals surface area contributed by atoms with Crippen LogP contribution < -0.4 is 0 Å². The highest BCUT2D eigenvalue weighted by molar-refractivity contribution is 5.79. The van der Waals surface area contributed by atoms with E-state index in [4.69, 9.17) is 0 Å². The summed E-state index contributed by atoms with van der Waals surface area (Å²) in [4.78, 5) is 11.3. The number of carbonyl (C=O) groups excluding carboxylic acids is 1. The predicted octanol–water partition coefficient (Wildman–Crippen LogP) is 6.74. The first-order valence-electron chi connectivity index (χ1n) is 11.6. The molecule has 4 aliphatic carbocycles. The van der Waals surface area contributed by atoms with E-state index in [1.165, 1.54) is 64.2 Å². The Balaban J connectivity index is 1.45. The van der Waals surface area contributed by atoms with Crippen molar-refractivity contribution in [2.45, 2.75) is 97.3 Å². The summed E-state index contributed by atoms with van der Waals surface area (Å²) in [5.41, 5.74) is 1.13. The topological polar surface area (TPSA) is 17.1 Å². The van der Waals surface area contributed by atoms with Crippen LogP contribution in [-0.2, 0) is 4.79 Å². The average Bonchev–Trinajstić information content (AvgIpc) is 2.97. The molecule has 4 aliphatic rings. The highest BCUT2D eigenvalue weighted by Crippen LogP contribution is 2.67. The average molecular weight is 363 g/mol. The SMILES string of the molecule is C[C@]12CCC3[C@@H](CC[C@@H]4CCCC[C@]34C)C1CCC2CCCC(=O)CF. The van der Waals surface area contributed by atoms with Crippen molar-refractivity contribution < 1.29 is 9.18 Å². The maximum absolute atomic E-state index is 12.4. The second-order valence-corrected chi connectivity index (χ2v) is 10.8. The zero-order valence-electron chi connectivity index (χ0n) is 17.1. The summed E-state index contributed by atoms with van der Waals surface area (Å²) in [5, 5.41) is 0. The number of hydrogen-bond donors (Lipinski definition) is 0. The number of carbonyl (C=O) groups is 1. The molecule has 1 nitrogen and oxygen atoms in total. The van der Waals surface area contributed by atoms with Crippen LogP contribution in [-0.4, -0.2) is 12.5 Å². The lowest BCUT2D eigenvalue weighted by Crippen LogP contribution is -2.52. The standard InChI is InChI=1S/C24H39FO/c1-23-14-4-3-6-17(23)9-11-20-21-12-10-18(7-5-8-19(26)16-25)24(21,2)15-13-22(20)23/h17-18,20-22H,3-16H2,1-2H3/t17-,18?,20-,21?,22?,23-,24+/m0/s1. The van der Waals surface area contributed by atoms with Gasteiger partial charge in [-0.25, -0.2) is 4.39 Å². The summed E-state index contributed by atoms with van der Waals surface area (Å²) in [6, 6.07) is 0. The van der Waals surface area contributed by atoms with Crippen molar-refractivity contribution in [3.63, 3.8) is 0 Å². The van der Waals surface area contributed by atoms with Gasteiger partial charge in [0.25, 0.3) is 0 Å². The van der Waals surface area contributed by atoms with E-state index in [0.29, 0.717) is 17.3 Å². The van der Waals surface area contributed by atoms with E-state index >= 15 is 0 Å². The molecule has 2 heteroatoms. The minimum atomic E-state index is -0.770. The molecule has 0 radical (unpaired) electrons. The number of fused-ring (bicyclic) bond motifs is 5. The fraction of sp³-hybridized carbons (Fsp3) is 0.958. The van der Waals surface area contributed by atoms with Gasteiger partial charge in [-0.05, 0) is 105 Å². The highest BCUT2D eigenvalue weighted by Gasteiger charge is 2.59. The van der Waals surface area contributed by atoms with E-state index in [-0.39, 0.29) is 5.78 Å². The first kappa shape index (κ1) is 18.9. The molecule has 0 aromatic carbocycles. The van der Waals surface area contributed by atoms with E-state index in [1.54, 1.807) is 0 Å². The molecule has 0 aromatic rings. The molecule has 0 heterocycles. The maximum Gasteiger partial charge on any atom is 0.163 e. The fourth-order valence-corrected chi connectivity index (χ4v) is 8.49. The van der Waals surface area contributed by atoms with E-state index in [1.807, 2.05) is 0 Å². The summed E-state index contributed by atoms with van der Waals surface area (Å²) >= 11 is 0. The van der Waals surface area contributed by atoms with Gasteiger partial charge in [-0.2, -0.15) is 0 Å². The Morgan fingerprint density at radius 2 is 1.73 bits per heavy atom. The van der Waals surface area contributed by atoms with Crippen molar-refractivity contribution in [3.05, 3.63) is 0 Å². The summed E-state index contributed by atoms with van der Waals surface area (Å²) in [6.07, 6.45) is 17.0. The zero-order chi connectivity index (χ0) is 18.4. The Labute approximate surface area is 159 Å². The summed E-state index contributed by atoms with van der Waals surface area (Å²) < 4.78 is 12.4. The molecule has 0 amide bonds. The Morgan fingerprint density at radius 1 is 0.923 bits per heavy atom. The van der Waals surface area contributed by atoms with Crippen LogP contribution in [0.1, 0.15) is 97.3 Å². The van der Waals surface area contributed by atoms with Crippen LogP contribution >= 0.6 is 0 Å². The van der Waals surface area contributed by atoms with Crippen molar-refractivity contribution in [2.75, 3.05) is 6.67 Å². The normalized spacial score (nSPS) is 47.7. The fourth-order valence-electron chi connectivity index (χ4n) is 8.49. The molecule has 0 spiro atoms. The molecule has 0 aromatic heterocycles. The third-order valence-corrected chi connectivity index (χ3v) is 9.94. The lowest BCUT2D eigenvalue weighted by molar-refractivity contribution is -0.120. The largest absolute Gasteiger partial charge is 0.297 e. The monoisotopic (exact) mass is 362 g/mol. The van der Waals surface area contributed by atoms with Crippen molar-refractivity contribution in [3.8, 4) is 0 Å². The molecular formula is C24H39FO. The second kappa shape index (κ2) is 7.21. The number of alkyl halides is 1. The van der Waals surface area contributed by atoms with Crippen LogP contribution in [0.2, 0.25) is 0 Å². The molecule has 7 atom stereocenters. The quantitative estimate of drug-likeness (QED) is 0.529. The van der Waals surface area contributed by atoms with Gasteiger partial charge in [0, 0.05) is 6.42 Å². The maximum atomic E-state index is 12.4. The van der Waals surface area contributed by atoms with Gasteiger partial charge < -0.3 is 0 Å². The van der Waals surface area contributed by atoms with Gasteiger partial charge in [0.05, 0.1) is 0 Å². The van der Waals surface area contributed by atoms with E-state index in [0.717, 1.165) is 42.4 Å². The van der Waals surface area contributed by atoms with Crippen molar-refractivity contribution in [1.82, 2.24) is 0 Å². The number of hydrogen-bond acceptors (Lipinski definition) is 1. The molecule has 4 saturated carbocycles. The van der Waals surface area contributed by atoms with Gasteiger partial charge in [0.15, 0.2) is 5.78 Å². The smallest absolute Gasteiger partial charge is 0.163 e. The third-order valence-electron chi connectivity index (χ3n) is 9.94. The van der Waals surface area contributed by atoms with Gasteiger partial charge in [0.2, 0.25) is 0 Å². The lowest BCUT2D eigenvalue weighted by atomic mass is 9.45. The summed E-state index contributed by atoms with van der Waals surface area (Å²) in [7, 11) is 0. The number of rotatable bonds is 5. The minimum absolute atomic E-state index is 0.197. The predicted molar refractivity (Wildman–Crippen MR) is 105 cm³/mol. The molecular weight excluding hydrogens is 323 g/mol. The first-order valence-corrected chi connectivity index (χ1v) is 11.6. The molecule has 26 heavy (non-hydrogen) atoms. The molecule has 4 fully saturated rings. The van der Waals surface area contributed by atoms with E-state index < -0.39 is 6.67 Å².